The predicted molar refractivity (Wildman–Crippen MR) is 95.8 cm³/mol. The zero-order valence-corrected chi connectivity index (χ0v) is 14.6. The van der Waals surface area contributed by atoms with Gasteiger partial charge in [0.15, 0.2) is 5.76 Å². The summed E-state index contributed by atoms with van der Waals surface area (Å²) in [6.07, 6.45) is 1.66. The Hall–Kier alpha value is -2.60. The van der Waals surface area contributed by atoms with Gasteiger partial charge in [-0.25, -0.2) is 0 Å². The number of hydrogen-bond donors (Lipinski definition) is 2. The molecule has 130 valence electrons. The van der Waals surface area contributed by atoms with E-state index in [0.29, 0.717) is 17.0 Å². The number of carbonyl (C=O) groups is 2. The number of amides is 1. The molecule has 0 bridgehead atoms. The lowest BCUT2D eigenvalue weighted by molar-refractivity contribution is -0.129. The lowest BCUT2D eigenvalue weighted by Crippen LogP contribution is -2.32. The van der Waals surface area contributed by atoms with Crippen LogP contribution in [0.4, 0.5) is 0 Å². The summed E-state index contributed by atoms with van der Waals surface area (Å²) < 4.78 is 0. The molecule has 0 saturated heterocycles. The SMILES string of the molecule is CCCCN1C(=O)C(O)=C(C(=O)c2cccs2)C1c1ccc(O)cc1. The molecule has 0 fully saturated rings. The van der Waals surface area contributed by atoms with Gasteiger partial charge in [0.1, 0.15) is 5.75 Å². The normalized spacial score (nSPS) is 17.4. The first-order chi connectivity index (χ1) is 12.0. The van der Waals surface area contributed by atoms with E-state index in [0.717, 1.165) is 12.8 Å². The molecule has 5 nitrogen and oxygen atoms in total. The molecule has 1 amide bonds. The molecule has 6 heteroatoms. The van der Waals surface area contributed by atoms with Gasteiger partial charge in [-0.05, 0) is 35.6 Å². The van der Waals surface area contributed by atoms with Gasteiger partial charge in [-0.2, -0.15) is 0 Å². The maximum atomic E-state index is 12.9. The Kier molecular flexibility index (Phi) is 4.90. The number of unbranched alkanes of at least 4 members (excludes halogenated alkanes) is 1. The van der Waals surface area contributed by atoms with Crippen LogP contribution in [-0.2, 0) is 4.79 Å². The second kappa shape index (κ2) is 7.11. The number of nitrogens with zero attached hydrogens (tertiary/aromatic N) is 1. The summed E-state index contributed by atoms with van der Waals surface area (Å²) in [6, 6.07) is 9.17. The van der Waals surface area contributed by atoms with E-state index >= 15 is 0 Å². The van der Waals surface area contributed by atoms with Gasteiger partial charge >= 0.3 is 0 Å². The maximum Gasteiger partial charge on any atom is 0.290 e. The second-order valence-corrected chi connectivity index (χ2v) is 6.86. The van der Waals surface area contributed by atoms with Crippen molar-refractivity contribution in [3.8, 4) is 5.75 Å². The average molecular weight is 357 g/mol. The number of aromatic hydroxyl groups is 1. The molecule has 1 aliphatic heterocycles. The van der Waals surface area contributed by atoms with Crippen LogP contribution < -0.4 is 0 Å². The number of ketones is 1. The largest absolute Gasteiger partial charge is 0.508 e. The van der Waals surface area contributed by atoms with E-state index in [1.807, 2.05) is 6.92 Å². The summed E-state index contributed by atoms with van der Waals surface area (Å²) in [7, 11) is 0. The lowest BCUT2D eigenvalue weighted by atomic mass is 9.95. The molecule has 1 atom stereocenters. The number of phenolic OH excluding ortho intramolecular Hbond substituents is 1. The number of carbonyl (C=O) groups excluding carboxylic acids is 2. The highest BCUT2D eigenvalue weighted by Crippen LogP contribution is 2.39. The molecule has 1 unspecified atom stereocenters. The molecule has 2 N–H and O–H groups in total. The van der Waals surface area contributed by atoms with Crippen molar-refractivity contribution in [1.82, 2.24) is 4.90 Å². The van der Waals surface area contributed by atoms with Crippen LogP contribution >= 0.6 is 11.3 Å². The molecule has 0 spiro atoms. The van der Waals surface area contributed by atoms with E-state index in [-0.39, 0.29) is 17.1 Å². The van der Waals surface area contributed by atoms with Gasteiger partial charge in [-0.3, -0.25) is 9.59 Å². The fraction of sp³-hybridized carbons (Fsp3) is 0.263. The second-order valence-electron chi connectivity index (χ2n) is 5.91. The van der Waals surface area contributed by atoms with Gasteiger partial charge in [0.05, 0.1) is 16.5 Å². The van der Waals surface area contributed by atoms with Gasteiger partial charge in [-0.15, -0.1) is 11.3 Å². The number of aliphatic hydroxyl groups excluding tert-OH is 1. The van der Waals surface area contributed by atoms with Crippen molar-refractivity contribution >= 4 is 23.0 Å². The van der Waals surface area contributed by atoms with E-state index in [9.17, 15) is 19.8 Å². The highest BCUT2D eigenvalue weighted by Gasteiger charge is 2.43. The van der Waals surface area contributed by atoms with E-state index in [1.165, 1.54) is 28.4 Å². The summed E-state index contributed by atoms with van der Waals surface area (Å²) in [6.45, 7) is 2.47. The van der Waals surface area contributed by atoms with Crippen LogP contribution in [0.25, 0.3) is 0 Å². The Balaban J connectivity index is 2.06. The van der Waals surface area contributed by atoms with Crippen LogP contribution in [0.5, 0.6) is 5.75 Å². The standard InChI is InChI=1S/C19H19NO4S/c1-2-3-10-20-16(12-6-8-13(21)9-7-12)15(18(23)19(20)24)17(22)14-5-4-11-25-14/h4-9,11,16,21,23H,2-3,10H2,1H3. The van der Waals surface area contributed by atoms with Gasteiger partial charge < -0.3 is 15.1 Å². The Morgan fingerprint density at radius 1 is 1.20 bits per heavy atom. The summed E-state index contributed by atoms with van der Waals surface area (Å²) in [5.41, 5.74) is 0.792. The van der Waals surface area contributed by atoms with Crippen LogP contribution in [0.3, 0.4) is 0 Å². The van der Waals surface area contributed by atoms with E-state index in [2.05, 4.69) is 0 Å². The van der Waals surface area contributed by atoms with Crippen LogP contribution in [0.2, 0.25) is 0 Å². The van der Waals surface area contributed by atoms with Crippen molar-refractivity contribution in [2.75, 3.05) is 6.54 Å². The topological polar surface area (TPSA) is 77.8 Å². The molecule has 2 heterocycles. The number of thiophene rings is 1. The van der Waals surface area contributed by atoms with Gasteiger partial charge in [0.2, 0.25) is 5.78 Å². The fourth-order valence-electron chi connectivity index (χ4n) is 2.99. The third kappa shape index (κ3) is 3.17. The number of rotatable bonds is 6. The Morgan fingerprint density at radius 2 is 1.92 bits per heavy atom. The summed E-state index contributed by atoms with van der Waals surface area (Å²) in [5, 5.41) is 21.7. The summed E-state index contributed by atoms with van der Waals surface area (Å²) in [5.74, 6) is -1.23. The van der Waals surface area contributed by atoms with Gasteiger partial charge in [0.25, 0.3) is 5.91 Å². The smallest absolute Gasteiger partial charge is 0.290 e. The minimum atomic E-state index is -0.644. The highest BCUT2D eigenvalue weighted by atomic mass is 32.1. The zero-order valence-electron chi connectivity index (χ0n) is 13.8. The van der Waals surface area contributed by atoms with Crippen molar-refractivity contribution in [1.29, 1.82) is 0 Å². The van der Waals surface area contributed by atoms with Crippen molar-refractivity contribution in [3.05, 3.63) is 63.6 Å². The molecule has 0 radical (unpaired) electrons. The van der Waals surface area contributed by atoms with Gasteiger partial charge in [0, 0.05) is 6.54 Å². The monoisotopic (exact) mass is 357 g/mol. The van der Waals surface area contributed by atoms with E-state index in [4.69, 9.17) is 0 Å². The van der Waals surface area contributed by atoms with Gasteiger partial charge in [-0.1, -0.05) is 31.5 Å². The average Bonchev–Trinajstić information content (AvgIpc) is 3.22. The molecule has 2 aromatic rings. The third-order valence-corrected chi connectivity index (χ3v) is 5.12. The quantitative estimate of drug-likeness (QED) is 0.770. The maximum absolute atomic E-state index is 12.9. The van der Waals surface area contributed by atoms with E-state index < -0.39 is 17.7 Å². The van der Waals surface area contributed by atoms with Crippen LogP contribution in [-0.4, -0.2) is 33.3 Å². The molecule has 1 aromatic heterocycles. The first-order valence-electron chi connectivity index (χ1n) is 8.15. The molecule has 1 aliphatic rings. The number of benzene rings is 1. The third-order valence-electron chi connectivity index (χ3n) is 4.25. The molecular weight excluding hydrogens is 338 g/mol. The number of Topliss-reactive ketones (excluding diaryl/α,β-unsaturated/α-hetero) is 1. The first kappa shape index (κ1) is 17.2. The summed E-state index contributed by atoms with van der Waals surface area (Å²) >= 11 is 1.28. The van der Waals surface area contributed by atoms with Crippen molar-refractivity contribution in [2.45, 2.75) is 25.8 Å². The Bertz CT molecular complexity index is 808. The van der Waals surface area contributed by atoms with Crippen LogP contribution in [0.1, 0.15) is 41.0 Å². The molecule has 0 aliphatic carbocycles. The predicted octanol–water partition coefficient (Wildman–Crippen LogP) is 3.83. The minimum Gasteiger partial charge on any atom is -0.508 e. The summed E-state index contributed by atoms with van der Waals surface area (Å²) in [4.78, 5) is 27.5. The molecule has 0 saturated carbocycles. The number of phenols is 1. The first-order valence-corrected chi connectivity index (χ1v) is 9.03. The van der Waals surface area contributed by atoms with E-state index in [1.54, 1.807) is 29.6 Å². The Labute approximate surface area is 149 Å². The Morgan fingerprint density at radius 3 is 2.52 bits per heavy atom. The molecule has 3 rings (SSSR count). The lowest BCUT2D eigenvalue weighted by Gasteiger charge is -2.26. The van der Waals surface area contributed by atoms with Crippen molar-refractivity contribution in [2.24, 2.45) is 0 Å². The number of aliphatic hydroxyl groups is 1. The van der Waals surface area contributed by atoms with Crippen LogP contribution in [0.15, 0.2) is 53.1 Å². The van der Waals surface area contributed by atoms with Crippen molar-refractivity contribution in [3.63, 3.8) is 0 Å². The molecule has 1 aromatic carbocycles. The fourth-order valence-corrected chi connectivity index (χ4v) is 3.67. The molecular formula is C19H19NO4S. The highest BCUT2D eigenvalue weighted by molar-refractivity contribution is 7.12. The minimum absolute atomic E-state index is 0.104. The molecule has 25 heavy (non-hydrogen) atoms. The van der Waals surface area contributed by atoms with Crippen molar-refractivity contribution < 1.29 is 19.8 Å². The van der Waals surface area contributed by atoms with Crippen LogP contribution in [0, 0.1) is 0 Å². The number of hydrogen-bond acceptors (Lipinski definition) is 5. The zero-order chi connectivity index (χ0) is 18.0.